The fourth-order valence-electron chi connectivity index (χ4n) is 3.93. The molecule has 0 aliphatic heterocycles. The van der Waals surface area contributed by atoms with E-state index in [2.05, 4.69) is 0 Å². The molecule has 0 amide bonds. The van der Waals surface area contributed by atoms with Crippen LogP contribution in [0.4, 0.5) is 0 Å². The van der Waals surface area contributed by atoms with Crippen molar-refractivity contribution in [3.8, 4) is 0 Å². The zero-order valence-electron chi connectivity index (χ0n) is 18.1. The Hall–Kier alpha value is -2.69. The van der Waals surface area contributed by atoms with Gasteiger partial charge in [-0.25, -0.2) is 0 Å². The molecule has 0 atom stereocenters. The summed E-state index contributed by atoms with van der Waals surface area (Å²) in [4.78, 5) is 0. The Morgan fingerprint density at radius 2 is 0.719 bits per heavy atom. The van der Waals surface area contributed by atoms with E-state index in [0.29, 0.717) is 0 Å². The zero-order valence-corrected chi connectivity index (χ0v) is 19.7. The molecule has 0 N–H and O–H groups in total. The summed E-state index contributed by atoms with van der Waals surface area (Å²) < 4.78 is 28.5. The molecule has 32 heavy (non-hydrogen) atoms. The first-order valence-electron chi connectivity index (χ1n) is 11.0. The van der Waals surface area contributed by atoms with Crippen molar-refractivity contribution in [1.29, 1.82) is 0 Å². The molecule has 4 heteroatoms. The van der Waals surface area contributed by atoms with E-state index in [1.54, 1.807) is 0 Å². The molecule has 0 radical (unpaired) electrons. The second-order valence-electron chi connectivity index (χ2n) is 8.24. The Labute approximate surface area is 191 Å². The van der Waals surface area contributed by atoms with Gasteiger partial charge in [-0.05, 0) is 0 Å². The van der Waals surface area contributed by atoms with Crippen LogP contribution in [0.5, 0.6) is 0 Å². The van der Waals surface area contributed by atoms with Crippen LogP contribution in [0.2, 0.25) is 0 Å². The fourth-order valence-corrected chi connectivity index (χ4v) is 9.61. The van der Waals surface area contributed by atoms with Crippen molar-refractivity contribution in [2.24, 2.45) is 0 Å². The molecule has 4 aromatic rings. The van der Waals surface area contributed by atoms with Crippen molar-refractivity contribution in [2.75, 3.05) is 0 Å². The normalized spacial score (nSPS) is 11.9. The molecule has 0 fully saturated rings. The maximum absolute atomic E-state index is 15.1. The van der Waals surface area contributed by atoms with Gasteiger partial charge < -0.3 is 0 Å². The van der Waals surface area contributed by atoms with E-state index in [9.17, 15) is 0 Å². The molecule has 162 valence electrons. The Morgan fingerprint density at radius 3 is 1.03 bits per heavy atom. The third-order valence-corrected chi connectivity index (χ3v) is 11.5. The Morgan fingerprint density at radius 1 is 0.438 bits per heavy atom. The average Bonchev–Trinajstić information content (AvgIpc) is 2.85. The van der Waals surface area contributed by atoms with Crippen LogP contribution in [0.1, 0.15) is 22.3 Å². The zero-order chi connectivity index (χ0) is 22.1. The van der Waals surface area contributed by atoms with Crippen LogP contribution in [0.15, 0.2) is 121 Å². The van der Waals surface area contributed by atoms with Crippen LogP contribution in [-0.2, 0) is 48.7 Å². The van der Waals surface area contributed by atoms with Crippen LogP contribution < -0.4 is 0 Å². The van der Waals surface area contributed by atoms with E-state index < -0.39 is 16.1 Å². The number of benzene rings is 4. The van der Waals surface area contributed by atoms with Crippen LogP contribution in [0, 0.1) is 0 Å². The molecule has 0 spiro atoms. The number of hydrogen-bond acceptors (Lipinski definition) is 3. The van der Waals surface area contributed by atoms with Crippen molar-refractivity contribution in [2.45, 2.75) is 22.7 Å². The topological polar surface area (TPSA) is 35.5 Å². The average molecular weight is 460 g/mol. The molecule has 0 bridgehead atoms. The van der Waals surface area contributed by atoms with Crippen LogP contribution in [0.3, 0.4) is 0 Å². The van der Waals surface area contributed by atoms with Gasteiger partial charge in [0.05, 0.1) is 0 Å². The van der Waals surface area contributed by atoms with Gasteiger partial charge in [0.25, 0.3) is 0 Å². The SMILES string of the molecule is [O]=[Ti]([CH2]c1ccccc1)([CH2]c1ccccc1)([O]Cc1ccccc1)[O]Cc1ccccc1. The molecule has 0 heterocycles. The second-order valence-corrected chi connectivity index (χ2v) is 14.5. The summed E-state index contributed by atoms with van der Waals surface area (Å²) in [6.07, 6.45) is 0. The van der Waals surface area contributed by atoms with E-state index in [-0.39, 0.29) is 22.7 Å². The Balaban J connectivity index is 1.72. The van der Waals surface area contributed by atoms with Crippen LogP contribution >= 0.6 is 0 Å². The van der Waals surface area contributed by atoms with Crippen LogP contribution in [-0.4, -0.2) is 0 Å². The summed E-state index contributed by atoms with van der Waals surface area (Å²) in [6, 6.07) is 39.4. The summed E-state index contributed by atoms with van der Waals surface area (Å²) in [6.45, 7) is 0.492. The van der Waals surface area contributed by atoms with Gasteiger partial charge in [0, 0.05) is 0 Å². The standard InChI is InChI=1S/2C7H7O.2C7H7.O.Ti/c2*8-6-7-4-2-1-3-5-7;2*1-7-5-3-2-4-6-7;;/h2*1-5H,6H2;2*2-6H,1H2;;/q2*-1;;;;+2. The fraction of sp³-hybridized carbons (Fsp3) is 0.143. The van der Waals surface area contributed by atoms with E-state index >= 15 is 3.32 Å². The molecule has 0 unspecified atom stereocenters. The predicted molar refractivity (Wildman–Crippen MR) is 123 cm³/mol. The van der Waals surface area contributed by atoms with Gasteiger partial charge in [0.1, 0.15) is 0 Å². The summed E-state index contributed by atoms with van der Waals surface area (Å²) >= 11 is -5.28. The van der Waals surface area contributed by atoms with Gasteiger partial charge in [0.15, 0.2) is 0 Å². The van der Waals surface area contributed by atoms with Crippen molar-refractivity contribution in [3.63, 3.8) is 0 Å². The van der Waals surface area contributed by atoms with Gasteiger partial charge in [-0.15, -0.1) is 0 Å². The summed E-state index contributed by atoms with van der Waals surface area (Å²) in [5, 5.41) is 0. The van der Waals surface area contributed by atoms with E-state index in [1.165, 1.54) is 0 Å². The van der Waals surface area contributed by atoms with E-state index in [4.69, 9.17) is 6.64 Å². The summed E-state index contributed by atoms with van der Waals surface area (Å²) in [7, 11) is 0. The molecule has 3 nitrogen and oxygen atoms in total. The Kier molecular flexibility index (Phi) is 7.24. The minimum absolute atomic E-state index is 0.246. The molecular weight excluding hydrogens is 432 g/mol. The first kappa shape index (κ1) is 22.5. The first-order chi connectivity index (χ1) is 15.6. The molecule has 4 aromatic carbocycles. The number of rotatable bonds is 10. The predicted octanol–water partition coefficient (Wildman–Crippen LogP) is 6.69. The van der Waals surface area contributed by atoms with E-state index in [0.717, 1.165) is 22.3 Å². The molecule has 0 saturated heterocycles. The number of hydrogen-bond donors (Lipinski definition) is 0. The third-order valence-electron chi connectivity index (χ3n) is 5.58. The monoisotopic (exact) mass is 460 g/mol. The summed E-state index contributed by atoms with van der Waals surface area (Å²) in [5.41, 5.74) is 3.86. The maximum atomic E-state index is 15.1. The van der Waals surface area contributed by atoms with Gasteiger partial charge in [0.2, 0.25) is 0 Å². The first-order valence-corrected chi connectivity index (χ1v) is 15.1. The van der Waals surface area contributed by atoms with Crippen molar-refractivity contribution in [1.82, 2.24) is 0 Å². The molecule has 0 aliphatic carbocycles. The minimum atomic E-state index is -5.28. The molecule has 0 aromatic heterocycles. The molecule has 4 rings (SSSR count). The Bertz CT molecular complexity index is 1070. The van der Waals surface area contributed by atoms with E-state index in [1.807, 2.05) is 121 Å². The van der Waals surface area contributed by atoms with Crippen molar-refractivity contribution in [3.05, 3.63) is 144 Å². The quantitative estimate of drug-likeness (QED) is 0.248. The second kappa shape index (κ2) is 10.3. The molecular formula is C28H28O3Ti. The summed E-state index contributed by atoms with van der Waals surface area (Å²) in [5.74, 6) is 0. The van der Waals surface area contributed by atoms with Crippen molar-refractivity contribution >= 4 is 0 Å². The van der Waals surface area contributed by atoms with Gasteiger partial charge in [-0.2, -0.15) is 0 Å². The third kappa shape index (κ3) is 6.18. The van der Waals surface area contributed by atoms with Gasteiger partial charge >= 0.3 is 192 Å². The van der Waals surface area contributed by atoms with Crippen LogP contribution in [0.25, 0.3) is 0 Å². The van der Waals surface area contributed by atoms with Gasteiger partial charge in [-0.1, -0.05) is 0 Å². The molecule has 0 saturated carbocycles. The van der Waals surface area contributed by atoms with Gasteiger partial charge in [-0.3, -0.25) is 0 Å². The molecule has 0 aliphatic rings. The van der Waals surface area contributed by atoms with Crippen molar-refractivity contribution < 1.29 is 26.0 Å².